The smallest absolute Gasteiger partial charge is 0.150 e. The van der Waals surface area contributed by atoms with E-state index in [0.717, 1.165) is 30.4 Å². The molecule has 0 radical (unpaired) electrons. The third-order valence-corrected chi connectivity index (χ3v) is 4.03. The molecule has 18 heavy (non-hydrogen) atoms. The Morgan fingerprint density at radius 3 is 2.94 bits per heavy atom. The number of rotatable bonds is 4. The van der Waals surface area contributed by atoms with E-state index < -0.39 is 15.9 Å². The van der Waals surface area contributed by atoms with E-state index in [9.17, 15) is 13.5 Å². The van der Waals surface area contributed by atoms with Gasteiger partial charge in [-0.05, 0) is 42.5 Å². The van der Waals surface area contributed by atoms with Crippen molar-refractivity contribution in [2.45, 2.75) is 25.4 Å². The summed E-state index contributed by atoms with van der Waals surface area (Å²) in [5.74, 6) is 0.630. The summed E-state index contributed by atoms with van der Waals surface area (Å²) >= 11 is 0. The second-order valence-corrected chi connectivity index (χ2v) is 7.01. The fraction of sp³-hybridized carbons (Fsp3) is 0.538. The van der Waals surface area contributed by atoms with Crippen molar-refractivity contribution in [3.05, 3.63) is 29.3 Å². The van der Waals surface area contributed by atoms with Crippen LogP contribution in [0.15, 0.2) is 18.2 Å². The van der Waals surface area contributed by atoms with Crippen LogP contribution in [0.5, 0.6) is 5.75 Å². The third-order valence-electron chi connectivity index (χ3n) is 3.12. The fourth-order valence-electron chi connectivity index (χ4n) is 2.15. The van der Waals surface area contributed by atoms with Crippen LogP contribution < -0.4 is 4.74 Å². The van der Waals surface area contributed by atoms with E-state index in [2.05, 4.69) is 0 Å². The van der Waals surface area contributed by atoms with Crippen LogP contribution in [0.3, 0.4) is 0 Å². The molecule has 0 saturated heterocycles. The second kappa shape index (κ2) is 5.28. The SMILES string of the molecule is CS(=O)(=O)CCOc1ccc2c(c1)C(O)CCC2. The molecule has 1 aliphatic carbocycles. The number of hydrogen-bond donors (Lipinski definition) is 1. The molecule has 0 spiro atoms. The first kappa shape index (κ1) is 13.4. The van der Waals surface area contributed by atoms with Gasteiger partial charge in [-0.25, -0.2) is 8.42 Å². The normalized spacial score (nSPS) is 19.3. The van der Waals surface area contributed by atoms with Crippen molar-refractivity contribution >= 4 is 9.84 Å². The molecule has 1 aliphatic rings. The van der Waals surface area contributed by atoms with Crippen LogP contribution in [-0.2, 0) is 16.3 Å². The highest BCUT2D eigenvalue weighted by Crippen LogP contribution is 2.32. The summed E-state index contributed by atoms with van der Waals surface area (Å²) in [5, 5.41) is 9.89. The second-order valence-electron chi connectivity index (χ2n) is 4.75. The van der Waals surface area contributed by atoms with Gasteiger partial charge in [-0.2, -0.15) is 0 Å². The summed E-state index contributed by atoms with van der Waals surface area (Å²) in [6.07, 6.45) is 3.53. The molecule has 4 nitrogen and oxygen atoms in total. The van der Waals surface area contributed by atoms with Crippen LogP contribution in [0, 0.1) is 0 Å². The van der Waals surface area contributed by atoms with Crippen molar-refractivity contribution < 1.29 is 18.3 Å². The van der Waals surface area contributed by atoms with Crippen LogP contribution in [0.4, 0.5) is 0 Å². The summed E-state index contributed by atoms with van der Waals surface area (Å²) in [6, 6.07) is 5.61. The highest BCUT2D eigenvalue weighted by Gasteiger charge is 2.18. The minimum absolute atomic E-state index is 0.00659. The number of ether oxygens (including phenoxy) is 1. The summed E-state index contributed by atoms with van der Waals surface area (Å²) in [5.41, 5.74) is 2.07. The van der Waals surface area contributed by atoms with E-state index in [1.165, 1.54) is 6.26 Å². The largest absolute Gasteiger partial charge is 0.493 e. The lowest BCUT2D eigenvalue weighted by atomic mass is 9.89. The predicted octanol–water partition coefficient (Wildman–Crippen LogP) is 1.48. The Kier molecular flexibility index (Phi) is 3.92. The summed E-state index contributed by atoms with van der Waals surface area (Å²) in [4.78, 5) is 0. The Bertz CT molecular complexity index is 522. The van der Waals surface area contributed by atoms with Gasteiger partial charge in [0.15, 0.2) is 9.84 Å². The minimum Gasteiger partial charge on any atom is -0.493 e. The van der Waals surface area contributed by atoms with E-state index in [4.69, 9.17) is 4.74 Å². The van der Waals surface area contributed by atoms with E-state index in [1.54, 1.807) is 0 Å². The van der Waals surface area contributed by atoms with Crippen molar-refractivity contribution in [3.8, 4) is 5.75 Å². The molecule has 0 saturated carbocycles. The van der Waals surface area contributed by atoms with Gasteiger partial charge in [0.1, 0.15) is 12.4 Å². The van der Waals surface area contributed by atoms with Gasteiger partial charge in [-0.1, -0.05) is 6.07 Å². The summed E-state index contributed by atoms with van der Waals surface area (Å²) in [6.45, 7) is 0.147. The zero-order chi connectivity index (χ0) is 13.2. The summed E-state index contributed by atoms with van der Waals surface area (Å²) < 4.78 is 27.4. The number of hydrogen-bond acceptors (Lipinski definition) is 4. The van der Waals surface area contributed by atoms with Crippen LogP contribution in [0.25, 0.3) is 0 Å². The molecule has 2 rings (SSSR count). The average molecular weight is 270 g/mol. The number of fused-ring (bicyclic) bond motifs is 1. The maximum Gasteiger partial charge on any atom is 0.150 e. The fourth-order valence-corrected chi connectivity index (χ4v) is 2.54. The molecule has 0 fully saturated rings. The zero-order valence-electron chi connectivity index (χ0n) is 10.4. The molecule has 1 aromatic rings. The molecule has 1 aromatic carbocycles. The van der Waals surface area contributed by atoms with Crippen molar-refractivity contribution in [3.63, 3.8) is 0 Å². The van der Waals surface area contributed by atoms with Gasteiger partial charge in [0.2, 0.25) is 0 Å². The zero-order valence-corrected chi connectivity index (χ0v) is 11.2. The highest BCUT2D eigenvalue weighted by molar-refractivity contribution is 7.90. The number of aliphatic hydroxyl groups excluding tert-OH is 1. The topological polar surface area (TPSA) is 63.6 Å². The molecule has 0 heterocycles. The lowest BCUT2D eigenvalue weighted by molar-refractivity contribution is 0.156. The summed E-state index contributed by atoms with van der Waals surface area (Å²) in [7, 11) is -3.00. The van der Waals surface area contributed by atoms with Crippen LogP contribution in [-0.4, -0.2) is 32.1 Å². The Balaban J connectivity index is 2.04. The van der Waals surface area contributed by atoms with Gasteiger partial charge in [0.05, 0.1) is 11.9 Å². The Morgan fingerprint density at radius 1 is 1.44 bits per heavy atom. The van der Waals surface area contributed by atoms with E-state index in [1.807, 2.05) is 18.2 Å². The monoisotopic (exact) mass is 270 g/mol. The van der Waals surface area contributed by atoms with E-state index in [-0.39, 0.29) is 12.4 Å². The standard InChI is InChI=1S/C13H18O4S/c1-18(15,16)8-7-17-11-6-5-10-3-2-4-13(14)12(10)9-11/h5-6,9,13-14H,2-4,7-8H2,1H3. The van der Waals surface area contributed by atoms with Crippen molar-refractivity contribution in [1.82, 2.24) is 0 Å². The third kappa shape index (κ3) is 3.46. The van der Waals surface area contributed by atoms with Gasteiger partial charge < -0.3 is 9.84 Å². The number of benzene rings is 1. The molecular weight excluding hydrogens is 252 g/mol. The quantitative estimate of drug-likeness (QED) is 0.900. The molecule has 1 atom stereocenters. The van der Waals surface area contributed by atoms with E-state index in [0.29, 0.717) is 5.75 Å². The molecule has 0 aromatic heterocycles. The van der Waals surface area contributed by atoms with Gasteiger partial charge >= 0.3 is 0 Å². The molecule has 100 valence electrons. The molecule has 1 N–H and O–H groups in total. The number of aryl methyl sites for hydroxylation is 1. The van der Waals surface area contributed by atoms with Crippen LogP contribution in [0.2, 0.25) is 0 Å². The minimum atomic E-state index is -3.00. The predicted molar refractivity (Wildman–Crippen MR) is 69.5 cm³/mol. The van der Waals surface area contributed by atoms with Crippen molar-refractivity contribution in [2.24, 2.45) is 0 Å². The molecule has 0 amide bonds. The van der Waals surface area contributed by atoms with Gasteiger partial charge in [0, 0.05) is 6.26 Å². The van der Waals surface area contributed by atoms with Crippen LogP contribution >= 0.6 is 0 Å². The molecule has 5 heteroatoms. The first-order valence-electron chi connectivity index (χ1n) is 6.07. The highest BCUT2D eigenvalue weighted by atomic mass is 32.2. The maximum atomic E-state index is 11.0. The van der Waals surface area contributed by atoms with Crippen LogP contribution in [0.1, 0.15) is 30.1 Å². The molecule has 0 aliphatic heterocycles. The van der Waals surface area contributed by atoms with Gasteiger partial charge in [-0.15, -0.1) is 0 Å². The number of sulfone groups is 1. The average Bonchev–Trinajstić information content (AvgIpc) is 2.28. The van der Waals surface area contributed by atoms with Gasteiger partial charge in [-0.3, -0.25) is 0 Å². The van der Waals surface area contributed by atoms with E-state index >= 15 is 0 Å². The Labute approximate surface area is 108 Å². The molecule has 0 bridgehead atoms. The number of aliphatic hydroxyl groups is 1. The van der Waals surface area contributed by atoms with Gasteiger partial charge in [0.25, 0.3) is 0 Å². The first-order chi connectivity index (χ1) is 8.46. The lowest BCUT2D eigenvalue weighted by Gasteiger charge is -2.21. The van der Waals surface area contributed by atoms with Crippen molar-refractivity contribution in [2.75, 3.05) is 18.6 Å². The Hall–Kier alpha value is -1.07. The van der Waals surface area contributed by atoms with Crippen molar-refractivity contribution in [1.29, 1.82) is 0 Å². The molecule has 1 unspecified atom stereocenters. The first-order valence-corrected chi connectivity index (χ1v) is 8.13. The Morgan fingerprint density at radius 2 is 2.22 bits per heavy atom. The maximum absolute atomic E-state index is 11.0. The molecular formula is C13H18O4S. The lowest BCUT2D eigenvalue weighted by Crippen LogP contribution is -2.13.